The topological polar surface area (TPSA) is 97.3 Å². The number of amides is 2. The average Bonchev–Trinajstić information content (AvgIpc) is 3.21. The maximum Gasteiger partial charge on any atom is 0.223 e. The fourth-order valence-electron chi connectivity index (χ4n) is 4.37. The van der Waals surface area contributed by atoms with Crippen molar-refractivity contribution in [3.63, 3.8) is 0 Å². The summed E-state index contributed by atoms with van der Waals surface area (Å²) in [6.07, 6.45) is 7.20. The highest BCUT2D eigenvalue weighted by atomic mass is 16.2. The summed E-state index contributed by atoms with van der Waals surface area (Å²) >= 11 is 0. The van der Waals surface area contributed by atoms with Crippen LogP contribution < -0.4 is 5.73 Å². The number of primary amides is 1. The molecule has 2 N–H and O–H groups in total. The molecule has 1 aliphatic carbocycles. The van der Waals surface area contributed by atoms with Crippen LogP contribution in [0.15, 0.2) is 0 Å². The third kappa shape index (κ3) is 4.31. The van der Waals surface area contributed by atoms with Gasteiger partial charge < -0.3 is 15.2 Å². The summed E-state index contributed by atoms with van der Waals surface area (Å²) in [5.74, 6) is 2.22. The van der Waals surface area contributed by atoms with Gasteiger partial charge in [0, 0.05) is 37.9 Å². The summed E-state index contributed by atoms with van der Waals surface area (Å²) in [4.78, 5) is 27.4. The van der Waals surface area contributed by atoms with Gasteiger partial charge >= 0.3 is 0 Å². The molecule has 2 saturated heterocycles. The van der Waals surface area contributed by atoms with E-state index in [1.165, 1.54) is 38.8 Å². The Labute approximate surface area is 160 Å². The second-order valence-electron chi connectivity index (χ2n) is 8.18. The van der Waals surface area contributed by atoms with Crippen LogP contribution in [0.1, 0.15) is 75.0 Å². The van der Waals surface area contributed by atoms with Gasteiger partial charge in [-0.05, 0) is 51.6 Å². The van der Waals surface area contributed by atoms with Crippen LogP contribution >= 0.6 is 0 Å². The first-order valence-electron chi connectivity index (χ1n) is 10.3. The molecule has 0 unspecified atom stereocenters. The van der Waals surface area contributed by atoms with Gasteiger partial charge in [0.15, 0.2) is 0 Å². The summed E-state index contributed by atoms with van der Waals surface area (Å²) in [7, 11) is 0. The molecule has 0 aromatic carbocycles. The molecule has 3 aliphatic rings. The molecule has 1 aromatic heterocycles. The zero-order chi connectivity index (χ0) is 18.8. The lowest BCUT2D eigenvalue weighted by Crippen LogP contribution is -2.38. The van der Waals surface area contributed by atoms with Crippen LogP contribution in [0.4, 0.5) is 0 Å². The lowest BCUT2D eigenvalue weighted by molar-refractivity contribution is -0.134. The maximum atomic E-state index is 12.2. The Balaban J connectivity index is 1.38. The van der Waals surface area contributed by atoms with Crippen LogP contribution in [0.2, 0.25) is 0 Å². The van der Waals surface area contributed by atoms with E-state index in [0.717, 1.165) is 44.1 Å². The fourth-order valence-corrected chi connectivity index (χ4v) is 4.37. The molecular formula is C19H30N6O2. The first kappa shape index (κ1) is 18.4. The number of aromatic nitrogens is 3. The molecule has 0 atom stereocenters. The van der Waals surface area contributed by atoms with E-state index >= 15 is 0 Å². The third-order valence-corrected chi connectivity index (χ3v) is 6.07. The zero-order valence-corrected chi connectivity index (χ0v) is 16.0. The lowest BCUT2D eigenvalue weighted by atomic mass is 9.95. The maximum absolute atomic E-state index is 12.2. The van der Waals surface area contributed by atoms with E-state index in [1.54, 1.807) is 0 Å². The van der Waals surface area contributed by atoms with Crippen molar-refractivity contribution in [2.45, 2.75) is 69.9 Å². The van der Waals surface area contributed by atoms with Crippen molar-refractivity contribution in [3.05, 3.63) is 11.6 Å². The summed E-state index contributed by atoms with van der Waals surface area (Å²) in [5.41, 5.74) is 5.15. The minimum Gasteiger partial charge on any atom is -0.370 e. The van der Waals surface area contributed by atoms with E-state index in [2.05, 4.69) is 19.7 Å². The summed E-state index contributed by atoms with van der Waals surface area (Å²) in [6, 6.07) is 0.572. The van der Waals surface area contributed by atoms with E-state index in [9.17, 15) is 9.59 Å². The molecule has 2 aliphatic heterocycles. The summed E-state index contributed by atoms with van der Waals surface area (Å²) < 4.78 is 2.41. The van der Waals surface area contributed by atoms with E-state index in [0.29, 0.717) is 12.0 Å². The van der Waals surface area contributed by atoms with Gasteiger partial charge in [-0.15, -0.1) is 10.2 Å². The highest BCUT2D eigenvalue weighted by Gasteiger charge is 2.34. The van der Waals surface area contributed by atoms with E-state index in [4.69, 9.17) is 5.73 Å². The van der Waals surface area contributed by atoms with Crippen molar-refractivity contribution in [2.24, 2.45) is 5.73 Å². The predicted octanol–water partition coefficient (Wildman–Crippen LogP) is 1.18. The van der Waals surface area contributed by atoms with Crippen LogP contribution in [-0.4, -0.2) is 62.6 Å². The monoisotopic (exact) mass is 374 g/mol. The summed E-state index contributed by atoms with van der Waals surface area (Å²) in [6.45, 7) is 4.69. The number of hydrogen-bond donors (Lipinski definition) is 1. The van der Waals surface area contributed by atoms with Crippen molar-refractivity contribution < 1.29 is 9.59 Å². The van der Waals surface area contributed by atoms with Crippen molar-refractivity contribution in [1.29, 1.82) is 0 Å². The minimum atomic E-state index is -0.415. The Morgan fingerprint density at radius 1 is 0.963 bits per heavy atom. The fraction of sp³-hybridized carbons (Fsp3) is 0.789. The van der Waals surface area contributed by atoms with Crippen LogP contribution in [0, 0.1) is 0 Å². The molecule has 0 radical (unpaired) electrons. The molecule has 2 amide bonds. The van der Waals surface area contributed by atoms with Crippen molar-refractivity contribution in [3.8, 4) is 0 Å². The summed E-state index contributed by atoms with van der Waals surface area (Å²) in [5, 5.41) is 9.15. The molecule has 3 fully saturated rings. The molecule has 1 aromatic rings. The van der Waals surface area contributed by atoms with Crippen LogP contribution in [0.25, 0.3) is 0 Å². The molecule has 4 rings (SSSR count). The molecule has 0 bridgehead atoms. The molecule has 8 nitrogen and oxygen atoms in total. The molecule has 27 heavy (non-hydrogen) atoms. The van der Waals surface area contributed by atoms with Gasteiger partial charge in [-0.25, -0.2) is 0 Å². The van der Waals surface area contributed by atoms with Crippen LogP contribution in [0.3, 0.4) is 0 Å². The lowest BCUT2D eigenvalue weighted by Gasteiger charge is -2.32. The number of carbonyl (C=O) groups is 2. The number of piperidine rings is 1. The Morgan fingerprint density at radius 2 is 1.67 bits per heavy atom. The Morgan fingerprint density at radius 3 is 2.30 bits per heavy atom. The predicted molar refractivity (Wildman–Crippen MR) is 99.8 cm³/mol. The largest absolute Gasteiger partial charge is 0.370 e. The molecule has 148 valence electrons. The quantitative estimate of drug-likeness (QED) is 0.773. The second kappa shape index (κ2) is 7.96. The van der Waals surface area contributed by atoms with Crippen molar-refractivity contribution >= 4 is 11.8 Å². The first-order valence-corrected chi connectivity index (χ1v) is 10.3. The van der Waals surface area contributed by atoms with Gasteiger partial charge in [0.1, 0.15) is 11.6 Å². The smallest absolute Gasteiger partial charge is 0.223 e. The van der Waals surface area contributed by atoms with Gasteiger partial charge in [0.25, 0.3) is 0 Å². The average molecular weight is 374 g/mol. The number of carbonyl (C=O) groups excluding carboxylic acids is 2. The first-order chi connectivity index (χ1) is 13.1. The molecule has 0 spiro atoms. The standard InChI is InChI=1S/C19H30N6O2/c20-16(26)5-6-18(27)24-11-7-14(8-12-24)19-22-21-17(25(19)15-3-4-15)13-23-9-1-2-10-23/h14-15H,1-13H2,(H2,20,26). The highest BCUT2D eigenvalue weighted by Crippen LogP contribution is 2.40. The van der Waals surface area contributed by atoms with Crippen LogP contribution in [0.5, 0.6) is 0 Å². The second-order valence-corrected chi connectivity index (χ2v) is 8.18. The van der Waals surface area contributed by atoms with Gasteiger partial charge in [-0.3, -0.25) is 14.5 Å². The Bertz CT molecular complexity index is 684. The minimum absolute atomic E-state index is 0.0330. The van der Waals surface area contributed by atoms with Crippen molar-refractivity contribution in [1.82, 2.24) is 24.6 Å². The Kier molecular flexibility index (Phi) is 5.43. The zero-order valence-electron chi connectivity index (χ0n) is 16.0. The molecule has 8 heteroatoms. The number of nitrogens with two attached hydrogens (primary N) is 1. The van der Waals surface area contributed by atoms with E-state index < -0.39 is 5.91 Å². The number of nitrogens with zero attached hydrogens (tertiary/aromatic N) is 5. The Hall–Kier alpha value is -1.96. The number of hydrogen-bond acceptors (Lipinski definition) is 5. The van der Waals surface area contributed by atoms with Crippen LogP contribution in [-0.2, 0) is 16.1 Å². The molecule has 1 saturated carbocycles. The molecule has 3 heterocycles. The van der Waals surface area contributed by atoms with Gasteiger partial charge in [0.05, 0.1) is 6.54 Å². The number of rotatable bonds is 7. The van der Waals surface area contributed by atoms with Gasteiger partial charge in [0.2, 0.25) is 11.8 Å². The molecular weight excluding hydrogens is 344 g/mol. The van der Waals surface area contributed by atoms with Gasteiger partial charge in [-0.2, -0.15) is 0 Å². The third-order valence-electron chi connectivity index (χ3n) is 6.07. The van der Waals surface area contributed by atoms with E-state index in [1.807, 2.05) is 4.90 Å². The van der Waals surface area contributed by atoms with E-state index in [-0.39, 0.29) is 18.7 Å². The number of likely N-dealkylation sites (tertiary alicyclic amines) is 2. The normalized spacial score (nSPS) is 21.7. The highest BCUT2D eigenvalue weighted by molar-refractivity contribution is 5.82. The van der Waals surface area contributed by atoms with Gasteiger partial charge in [-0.1, -0.05) is 0 Å². The van der Waals surface area contributed by atoms with Crippen molar-refractivity contribution in [2.75, 3.05) is 26.2 Å². The SMILES string of the molecule is NC(=O)CCC(=O)N1CCC(c2nnc(CN3CCCC3)n2C2CC2)CC1.